The first-order valence-corrected chi connectivity index (χ1v) is 14.6. The van der Waals surface area contributed by atoms with E-state index in [4.69, 9.17) is 0 Å². The van der Waals surface area contributed by atoms with Crippen LogP contribution in [0.15, 0.2) is 48.5 Å². The van der Waals surface area contributed by atoms with Gasteiger partial charge in [0, 0.05) is 11.8 Å². The number of amides is 1. The topological polar surface area (TPSA) is 93.1 Å². The summed E-state index contributed by atoms with van der Waals surface area (Å²) in [6.07, 6.45) is 8.99. The molecular formula is C27H32N4O3S. The molecule has 0 aliphatic heterocycles. The molecule has 4 fully saturated rings. The highest BCUT2D eigenvalue weighted by molar-refractivity contribution is 7.89. The molecular weight excluding hydrogens is 460 g/mol. The van der Waals surface area contributed by atoms with Gasteiger partial charge in [-0.25, -0.2) is 13.4 Å². The zero-order valence-electron chi connectivity index (χ0n) is 20.0. The molecule has 35 heavy (non-hydrogen) atoms. The van der Waals surface area contributed by atoms with Gasteiger partial charge < -0.3 is 15.2 Å². The maximum Gasteiger partial charge on any atom is 0.244 e. The Morgan fingerprint density at radius 3 is 2.23 bits per heavy atom. The predicted octanol–water partition coefficient (Wildman–Crippen LogP) is 4.60. The summed E-state index contributed by atoms with van der Waals surface area (Å²) in [6.45, 7) is -0.00291. The van der Waals surface area contributed by atoms with Gasteiger partial charge in [0.25, 0.3) is 0 Å². The summed E-state index contributed by atoms with van der Waals surface area (Å²) >= 11 is 0. The minimum atomic E-state index is -3.30. The van der Waals surface area contributed by atoms with Gasteiger partial charge in [0.15, 0.2) is 9.84 Å². The van der Waals surface area contributed by atoms with E-state index in [2.05, 4.69) is 21.7 Å². The van der Waals surface area contributed by atoms with Crippen molar-refractivity contribution in [3.8, 4) is 0 Å². The summed E-state index contributed by atoms with van der Waals surface area (Å²) in [5, 5.41) is 6.96. The van der Waals surface area contributed by atoms with Gasteiger partial charge in [0.05, 0.1) is 22.4 Å². The highest BCUT2D eigenvalue weighted by Crippen LogP contribution is 2.56. The number of hydrogen-bond donors (Lipinski definition) is 2. The second-order valence-corrected chi connectivity index (χ2v) is 13.2. The lowest BCUT2D eigenvalue weighted by molar-refractivity contribution is -0.116. The Morgan fingerprint density at radius 1 is 0.971 bits per heavy atom. The van der Waals surface area contributed by atoms with Crippen LogP contribution in [-0.4, -0.2) is 35.7 Å². The Bertz CT molecular complexity index is 1360. The van der Waals surface area contributed by atoms with E-state index < -0.39 is 9.84 Å². The van der Waals surface area contributed by atoms with Crippen LogP contribution in [0.5, 0.6) is 0 Å². The van der Waals surface area contributed by atoms with E-state index in [9.17, 15) is 13.2 Å². The largest absolute Gasteiger partial charge is 0.378 e. The zero-order valence-corrected chi connectivity index (χ0v) is 20.9. The molecule has 4 saturated carbocycles. The Balaban J connectivity index is 1.23. The molecule has 0 radical (unpaired) electrons. The molecule has 1 aromatic heterocycles. The minimum Gasteiger partial charge on any atom is -0.378 e. The zero-order chi connectivity index (χ0) is 24.2. The summed E-state index contributed by atoms with van der Waals surface area (Å²) in [5.74, 6) is 2.46. The van der Waals surface area contributed by atoms with Crippen LogP contribution in [0.25, 0.3) is 11.0 Å². The third-order valence-corrected chi connectivity index (χ3v) is 8.85. The number of sulfone groups is 1. The number of aromatic nitrogens is 2. The molecule has 1 amide bonds. The van der Waals surface area contributed by atoms with Crippen molar-refractivity contribution >= 4 is 38.2 Å². The van der Waals surface area contributed by atoms with E-state index in [0.29, 0.717) is 11.3 Å². The molecule has 0 atom stereocenters. The van der Waals surface area contributed by atoms with Crippen molar-refractivity contribution in [3.63, 3.8) is 0 Å². The summed E-state index contributed by atoms with van der Waals surface area (Å²) in [5.41, 5.74) is 3.31. The van der Waals surface area contributed by atoms with E-state index in [-0.39, 0.29) is 23.7 Å². The first-order valence-electron chi connectivity index (χ1n) is 12.5. The van der Waals surface area contributed by atoms with Gasteiger partial charge in [-0.05, 0) is 80.5 Å². The van der Waals surface area contributed by atoms with E-state index in [1.54, 1.807) is 4.57 Å². The first-order chi connectivity index (χ1) is 16.8. The summed E-state index contributed by atoms with van der Waals surface area (Å²) < 4.78 is 25.7. The van der Waals surface area contributed by atoms with E-state index in [0.717, 1.165) is 34.6 Å². The van der Waals surface area contributed by atoms with Gasteiger partial charge in [0.2, 0.25) is 5.91 Å². The third kappa shape index (κ3) is 4.56. The lowest BCUT2D eigenvalue weighted by Gasteiger charge is -2.57. The maximum absolute atomic E-state index is 13.2. The van der Waals surface area contributed by atoms with E-state index >= 15 is 0 Å². The molecule has 4 aliphatic rings. The fourth-order valence-corrected chi connectivity index (χ4v) is 7.92. The Hall–Kier alpha value is -2.87. The quantitative estimate of drug-likeness (QED) is 0.503. The summed E-state index contributed by atoms with van der Waals surface area (Å²) in [6, 6.07) is 15.3. The van der Waals surface area contributed by atoms with Gasteiger partial charge in [-0.3, -0.25) is 4.79 Å². The normalized spacial score (nSPS) is 27.3. The standard InChI is InChI=1S/C27H32N4O3S/c1-35(33,34)17-25-28-23-8-4-5-9-24(23)31(25)16-26(32)29-21-6-2-3-7-22(21)30-27-13-18-10-19(14-27)12-20(11-18)15-27/h2-9,18-20,30H,10-17H2,1H3,(H,29,32). The predicted molar refractivity (Wildman–Crippen MR) is 138 cm³/mol. The molecule has 4 aliphatic carbocycles. The van der Waals surface area contributed by atoms with Crippen molar-refractivity contribution in [2.75, 3.05) is 16.9 Å². The Kier molecular flexibility index (Phi) is 5.40. The molecule has 7 nitrogen and oxygen atoms in total. The average molecular weight is 493 g/mol. The molecule has 1 heterocycles. The Labute approximate surface area is 206 Å². The highest BCUT2D eigenvalue weighted by Gasteiger charge is 2.51. The van der Waals surface area contributed by atoms with E-state index in [1.165, 1.54) is 44.8 Å². The van der Waals surface area contributed by atoms with Crippen molar-refractivity contribution in [1.82, 2.24) is 9.55 Å². The van der Waals surface area contributed by atoms with Crippen molar-refractivity contribution in [3.05, 3.63) is 54.4 Å². The van der Waals surface area contributed by atoms with Gasteiger partial charge >= 0.3 is 0 Å². The molecule has 3 aromatic rings. The number of benzene rings is 2. The van der Waals surface area contributed by atoms with Crippen LogP contribution >= 0.6 is 0 Å². The Morgan fingerprint density at radius 2 is 1.57 bits per heavy atom. The van der Waals surface area contributed by atoms with Crippen LogP contribution < -0.4 is 10.6 Å². The highest BCUT2D eigenvalue weighted by atomic mass is 32.2. The summed E-state index contributed by atoms with van der Waals surface area (Å²) in [4.78, 5) is 17.7. The van der Waals surface area contributed by atoms with Crippen LogP contribution in [0.2, 0.25) is 0 Å². The van der Waals surface area contributed by atoms with Crippen LogP contribution in [0.1, 0.15) is 44.3 Å². The fourth-order valence-electron chi connectivity index (χ4n) is 7.23. The number of fused-ring (bicyclic) bond motifs is 1. The van der Waals surface area contributed by atoms with Gasteiger partial charge in [-0.1, -0.05) is 24.3 Å². The van der Waals surface area contributed by atoms with Gasteiger partial charge in [-0.15, -0.1) is 0 Å². The minimum absolute atomic E-state index is 0.00291. The van der Waals surface area contributed by atoms with E-state index in [1.807, 2.05) is 42.5 Å². The van der Waals surface area contributed by atoms with Crippen molar-refractivity contribution in [2.45, 2.75) is 56.4 Å². The van der Waals surface area contributed by atoms with Gasteiger partial charge in [-0.2, -0.15) is 0 Å². The monoisotopic (exact) mass is 492 g/mol. The molecule has 2 N–H and O–H groups in total. The number of anilines is 2. The molecule has 7 rings (SSSR count). The number of imidazole rings is 1. The summed E-state index contributed by atoms with van der Waals surface area (Å²) in [7, 11) is -3.30. The number of carbonyl (C=O) groups excluding carboxylic acids is 1. The number of carbonyl (C=O) groups is 1. The fraction of sp³-hybridized carbons (Fsp3) is 0.481. The first kappa shape index (κ1) is 22.6. The molecule has 2 aromatic carbocycles. The van der Waals surface area contributed by atoms with Crippen LogP contribution in [0, 0.1) is 17.8 Å². The van der Waals surface area contributed by atoms with Crippen LogP contribution in [-0.2, 0) is 26.9 Å². The third-order valence-electron chi connectivity index (χ3n) is 8.07. The van der Waals surface area contributed by atoms with Crippen LogP contribution in [0.3, 0.4) is 0 Å². The second kappa shape index (κ2) is 8.36. The molecule has 4 bridgehead atoms. The number of nitrogens with zero attached hydrogens (tertiary/aromatic N) is 2. The molecule has 184 valence electrons. The van der Waals surface area contributed by atoms with Crippen molar-refractivity contribution < 1.29 is 13.2 Å². The van der Waals surface area contributed by atoms with Crippen molar-refractivity contribution in [1.29, 1.82) is 0 Å². The molecule has 0 saturated heterocycles. The van der Waals surface area contributed by atoms with Crippen molar-refractivity contribution in [2.24, 2.45) is 17.8 Å². The smallest absolute Gasteiger partial charge is 0.244 e. The average Bonchev–Trinajstić information content (AvgIpc) is 3.09. The molecule has 0 unspecified atom stereocenters. The maximum atomic E-state index is 13.2. The number of para-hydroxylation sites is 4. The number of hydrogen-bond acceptors (Lipinski definition) is 5. The lowest BCUT2D eigenvalue weighted by Crippen LogP contribution is -2.54. The molecule has 0 spiro atoms. The number of nitrogens with one attached hydrogen (secondary N) is 2. The molecule has 8 heteroatoms. The SMILES string of the molecule is CS(=O)(=O)Cc1nc2ccccc2n1CC(=O)Nc1ccccc1NC12CC3CC(CC(C3)C1)C2. The number of rotatable bonds is 7. The van der Waals surface area contributed by atoms with Gasteiger partial charge in [0.1, 0.15) is 18.1 Å². The van der Waals surface area contributed by atoms with Crippen LogP contribution in [0.4, 0.5) is 11.4 Å². The second-order valence-electron chi connectivity index (χ2n) is 11.1. The lowest BCUT2D eigenvalue weighted by atomic mass is 9.53.